The predicted octanol–water partition coefficient (Wildman–Crippen LogP) is 3.37. The fourth-order valence-corrected chi connectivity index (χ4v) is 4.45. The molecule has 1 aliphatic heterocycles. The Hall–Kier alpha value is -1.07. The van der Waals surface area contributed by atoms with Gasteiger partial charge in [-0.3, -0.25) is 0 Å². The molecule has 1 atom stereocenters. The summed E-state index contributed by atoms with van der Waals surface area (Å²) in [6.07, 6.45) is 3.84. The molecule has 0 aromatic heterocycles. The molecule has 0 saturated carbocycles. The molecular weight excluding hydrogens is 292 g/mol. The van der Waals surface area contributed by atoms with Crippen molar-refractivity contribution in [3.63, 3.8) is 0 Å². The molecule has 1 saturated heterocycles. The first-order valence-corrected chi connectivity index (χ1v) is 8.64. The Morgan fingerprint density at radius 3 is 2.65 bits per heavy atom. The first-order valence-electron chi connectivity index (χ1n) is 6.79. The van der Waals surface area contributed by atoms with E-state index < -0.39 is 10.0 Å². The van der Waals surface area contributed by atoms with E-state index in [-0.39, 0.29) is 6.04 Å². The Labute approximate surface area is 125 Å². The summed E-state index contributed by atoms with van der Waals surface area (Å²) < 4.78 is 27.0. The molecule has 4 nitrogen and oxygen atoms in total. The van der Waals surface area contributed by atoms with E-state index in [1.54, 1.807) is 28.6 Å². The smallest absolute Gasteiger partial charge is 0.207 e. The Morgan fingerprint density at radius 2 is 2.05 bits per heavy atom. The summed E-state index contributed by atoms with van der Waals surface area (Å²) in [5, 5.41) is 2.27. The molecule has 0 radical (unpaired) electrons. The van der Waals surface area contributed by atoms with E-state index in [1.807, 2.05) is 6.92 Å². The average molecular weight is 310 g/mol. The van der Waals surface area contributed by atoms with Crippen molar-refractivity contribution in [2.45, 2.75) is 43.5 Å². The molecule has 20 heavy (non-hydrogen) atoms. The Kier molecular flexibility index (Phi) is 5.05. The number of rotatable bonds is 4. The van der Waals surface area contributed by atoms with Gasteiger partial charge in [0.15, 0.2) is 0 Å². The maximum atomic E-state index is 12.7. The number of isothiocyanates is 1. The van der Waals surface area contributed by atoms with Gasteiger partial charge in [0.2, 0.25) is 10.0 Å². The number of benzene rings is 1. The van der Waals surface area contributed by atoms with Gasteiger partial charge in [0.1, 0.15) is 0 Å². The number of hydrogen-bond donors (Lipinski definition) is 0. The lowest BCUT2D eigenvalue weighted by Gasteiger charge is -2.34. The van der Waals surface area contributed by atoms with Crippen molar-refractivity contribution in [2.24, 2.45) is 4.99 Å². The van der Waals surface area contributed by atoms with Gasteiger partial charge < -0.3 is 0 Å². The topological polar surface area (TPSA) is 49.7 Å². The van der Waals surface area contributed by atoms with Gasteiger partial charge in [-0.25, -0.2) is 8.42 Å². The molecule has 0 unspecified atom stereocenters. The van der Waals surface area contributed by atoms with Gasteiger partial charge in [-0.15, -0.1) is 0 Å². The van der Waals surface area contributed by atoms with Crippen LogP contribution in [-0.2, 0) is 10.0 Å². The zero-order chi connectivity index (χ0) is 14.6. The van der Waals surface area contributed by atoms with Gasteiger partial charge in [-0.1, -0.05) is 13.3 Å². The molecule has 0 aliphatic carbocycles. The number of piperidine rings is 1. The summed E-state index contributed by atoms with van der Waals surface area (Å²) >= 11 is 4.53. The second-order valence-corrected chi connectivity index (χ2v) is 6.94. The molecular formula is C14H18N2O2S2. The second-order valence-electron chi connectivity index (χ2n) is 4.87. The Morgan fingerprint density at radius 1 is 1.35 bits per heavy atom. The van der Waals surface area contributed by atoms with Gasteiger partial charge in [-0.2, -0.15) is 9.30 Å². The van der Waals surface area contributed by atoms with E-state index in [9.17, 15) is 8.42 Å². The quantitative estimate of drug-likeness (QED) is 0.633. The molecule has 1 fully saturated rings. The number of thiocarbonyl (C=S) groups is 1. The highest BCUT2D eigenvalue weighted by atomic mass is 32.2. The van der Waals surface area contributed by atoms with Crippen LogP contribution in [0.5, 0.6) is 0 Å². The highest BCUT2D eigenvalue weighted by molar-refractivity contribution is 7.89. The molecule has 1 aromatic carbocycles. The highest BCUT2D eigenvalue weighted by Gasteiger charge is 2.32. The third kappa shape index (κ3) is 3.15. The van der Waals surface area contributed by atoms with E-state index in [2.05, 4.69) is 22.4 Å². The Balaban J connectivity index is 2.31. The number of nitrogens with zero attached hydrogens (tertiary/aromatic N) is 2. The molecule has 1 aromatic rings. The van der Waals surface area contributed by atoms with E-state index >= 15 is 0 Å². The molecule has 1 heterocycles. The molecule has 0 spiro atoms. The van der Waals surface area contributed by atoms with Gasteiger partial charge in [-0.05, 0) is 55.7 Å². The van der Waals surface area contributed by atoms with Gasteiger partial charge >= 0.3 is 0 Å². The number of hydrogen-bond acceptors (Lipinski definition) is 4. The van der Waals surface area contributed by atoms with Crippen LogP contribution >= 0.6 is 12.2 Å². The summed E-state index contributed by atoms with van der Waals surface area (Å²) in [5.74, 6) is 0. The van der Waals surface area contributed by atoms with Crippen LogP contribution in [0.4, 0.5) is 5.69 Å². The van der Waals surface area contributed by atoms with Crippen LogP contribution in [0.15, 0.2) is 34.2 Å². The predicted molar refractivity (Wildman–Crippen MR) is 82.9 cm³/mol. The number of aliphatic imine (C=N–C) groups is 1. The third-order valence-corrected chi connectivity index (χ3v) is 5.72. The zero-order valence-electron chi connectivity index (χ0n) is 11.4. The van der Waals surface area contributed by atoms with Gasteiger partial charge in [0, 0.05) is 12.6 Å². The van der Waals surface area contributed by atoms with E-state index in [0.717, 1.165) is 25.7 Å². The minimum atomic E-state index is -3.41. The number of sulfonamides is 1. The SMILES string of the molecule is CC[C@H]1CCCCN1S(=O)(=O)c1ccc(N=C=S)cc1. The molecule has 6 heteroatoms. The standard InChI is InChI=1S/C14H18N2O2S2/c1-2-13-5-3-4-10-16(13)20(17,18)14-8-6-12(7-9-14)15-11-19/h6-9,13H,2-5,10H2,1H3/t13-/m0/s1. The molecule has 2 rings (SSSR count). The van der Waals surface area contributed by atoms with Crippen molar-refractivity contribution in [2.75, 3.05) is 6.54 Å². The highest BCUT2D eigenvalue weighted by Crippen LogP contribution is 2.27. The minimum Gasteiger partial charge on any atom is -0.207 e. The van der Waals surface area contributed by atoms with E-state index in [1.165, 1.54) is 0 Å². The lowest BCUT2D eigenvalue weighted by atomic mass is 10.0. The van der Waals surface area contributed by atoms with Crippen molar-refractivity contribution in [1.82, 2.24) is 4.31 Å². The molecule has 0 amide bonds. The van der Waals surface area contributed by atoms with Crippen molar-refractivity contribution in [3.8, 4) is 0 Å². The summed E-state index contributed by atoms with van der Waals surface area (Å²) in [6, 6.07) is 6.59. The normalized spacial score (nSPS) is 20.4. The van der Waals surface area contributed by atoms with Crippen LogP contribution in [0.25, 0.3) is 0 Å². The maximum Gasteiger partial charge on any atom is 0.243 e. The van der Waals surface area contributed by atoms with E-state index in [0.29, 0.717) is 17.1 Å². The largest absolute Gasteiger partial charge is 0.243 e. The maximum absolute atomic E-state index is 12.7. The van der Waals surface area contributed by atoms with Crippen molar-refractivity contribution >= 4 is 33.1 Å². The fourth-order valence-electron chi connectivity index (χ4n) is 2.58. The minimum absolute atomic E-state index is 0.118. The molecule has 108 valence electrons. The second kappa shape index (κ2) is 6.59. The summed E-state index contributed by atoms with van der Waals surface area (Å²) in [5.41, 5.74) is 0.615. The first-order chi connectivity index (χ1) is 9.59. The van der Waals surface area contributed by atoms with Gasteiger partial charge in [0.05, 0.1) is 15.7 Å². The summed E-state index contributed by atoms with van der Waals surface area (Å²) in [4.78, 5) is 4.15. The van der Waals surface area contributed by atoms with E-state index in [4.69, 9.17) is 0 Å². The van der Waals surface area contributed by atoms with Crippen LogP contribution in [0.1, 0.15) is 32.6 Å². The lowest BCUT2D eigenvalue weighted by Crippen LogP contribution is -2.43. The van der Waals surface area contributed by atoms with Crippen LogP contribution in [0.3, 0.4) is 0 Å². The zero-order valence-corrected chi connectivity index (χ0v) is 13.1. The summed E-state index contributed by atoms with van der Waals surface area (Å²) in [6.45, 7) is 2.65. The van der Waals surface area contributed by atoms with Crippen LogP contribution in [-0.4, -0.2) is 30.5 Å². The third-order valence-electron chi connectivity index (χ3n) is 3.66. The first kappa shape index (κ1) is 15.3. The van der Waals surface area contributed by atoms with Crippen molar-refractivity contribution in [1.29, 1.82) is 0 Å². The molecule has 0 bridgehead atoms. The Bertz CT molecular complexity index is 605. The molecule has 0 N–H and O–H groups in total. The fraction of sp³-hybridized carbons (Fsp3) is 0.500. The van der Waals surface area contributed by atoms with Crippen LogP contribution in [0, 0.1) is 0 Å². The van der Waals surface area contributed by atoms with Crippen LogP contribution in [0.2, 0.25) is 0 Å². The average Bonchev–Trinajstić information content (AvgIpc) is 2.48. The van der Waals surface area contributed by atoms with Crippen molar-refractivity contribution < 1.29 is 8.42 Å². The van der Waals surface area contributed by atoms with Crippen molar-refractivity contribution in [3.05, 3.63) is 24.3 Å². The van der Waals surface area contributed by atoms with Gasteiger partial charge in [0.25, 0.3) is 0 Å². The summed E-state index contributed by atoms with van der Waals surface area (Å²) in [7, 11) is -3.41. The monoisotopic (exact) mass is 310 g/mol. The van der Waals surface area contributed by atoms with Crippen LogP contribution < -0.4 is 0 Å². The molecule has 1 aliphatic rings. The lowest BCUT2D eigenvalue weighted by molar-refractivity contribution is 0.246.